The van der Waals surface area contributed by atoms with Crippen molar-refractivity contribution in [2.75, 3.05) is 5.32 Å². The van der Waals surface area contributed by atoms with Crippen LogP contribution in [-0.4, -0.2) is 0 Å². The van der Waals surface area contributed by atoms with Crippen molar-refractivity contribution in [3.8, 4) is 22.3 Å². The van der Waals surface area contributed by atoms with E-state index in [9.17, 15) is 0 Å². The van der Waals surface area contributed by atoms with Gasteiger partial charge >= 0.3 is 0 Å². The van der Waals surface area contributed by atoms with Gasteiger partial charge in [0.05, 0.1) is 5.69 Å². The lowest BCUT2D eigenvalue weighted by atomic mass is 9.78. The van der Waals surface area contributed by atoms with Gasteiger partial charge in [0.25, 0.3) is 0 Å². The fourth-order valence-corrected chi connectivity index (χ4v) is 8.81. The Bertz CT molecular complexity index is 2430. The van der Waals surface area contributed by atoms with Crippen molar-refractivity contribution in [3.63, 3.8) is 0 Å². The summed E-state index contributed by atoms with van der Waals surface area (Å²) < 4.78 is 0. The standard InChI is InChI=1S/C46H41N/c1-25-12-16-32(17-13-25)47-45-38-21-27(3)26(2)20-36(38)43-35-19-15-30(23-37(35)42-29(5)28(4)22-39(45)44(42)43)31-14-18-34-33-10-8-9-11-40(33)46(6,7)41(34)24-31/h8-13,15-17,19-24,47H,14,18H2,1-7H3. The molecule has 3 aliphatic carbocycles. The summed E-state index contributed by atoms with van der Waals surface area (Å²) in [6.45, 7) is 16.0. The van der Waals surface area contributed by atoms with Gasteiger partial charge in [-0.25, -0.2) is 0 Å². The van der Waals surface area contributed by atoms with Crippen LogP contribution in [-0.2, 0) is 5.41 Å². The molecule has 9 rings (SSSR count). The highest BCUT2D eigenvalue weighted by Crippen LogP contribution is 2.57. The maximum atomic E-state index is 3.90. The van der Waals surface area contributed by atoms with E-state index in [0.29, 0.717) is 0 Å². The molecule has 0 radical (unpaired) electrons. The van der Waals surface area contributed by atoms with Crippen LogP contribution in [0.5, 0.6) is 0 Å². The summed E-state index contributed by atoms with van der Waals surface area (Å²) >= 11 is 0. The Morgan fingerprint density at radius 3 is 2.13 bits per heavy atom. The number of rotatable bonds is 3. The van der Waals surface area contributed by atoms with Gasteiger partial charge in [0.2, 0.25) is 0 Å². The lowest BCUT2D eigenvalue weighted by molar-refractivity contribution is 0.652. The molecule has 1 nitrogen and oxygen atoms in total. The van der Waals surface area contributed by atoms with Crippen molar-refractivity contribution in [2.45, 2.75) is 66.7 Å². The quantitative estimate of drug-likeness (QED) is 0.197. The van der Waals surface area contributed by atoms with Crippen LogP contribution in [0.15, 0.2) is 96.6 Å². The van der Waals surface area contributed by atoms with Gasteiger partial charge in [-0.1, -0.05) is 80.1 Å². The third-order valence-corrected chi connectivity index (χ3v) is 11.7. The highest BCUT2D eigenvalue weighted by atomic mass is 14.9. The van der Waals surface area contributed by atoms with Crippen molar-refractivity contribution in [2.24, 2.45) is 0 Å². The topological polar surface area (TPSA) is 12.0 Å². The molecule has 0 saturated heterocycles. The van der Waals surface area contributed by atoms with Gasteiger partial charge in [0, 0.05) is 27.3 Å². The van der Waals surface area contributed by atoms with Gasteiger partial charge in [-0.3, -0.25) is 0 Å². The van der Waals surface area contributed by atoms with Crippen molar-refractivity contribution in [1.29, 1.82) is 0 Å². The largest absolute Gasteiger partial charge is 0.355 e. The zero-order chi connectivity index (χ0) is 32.4. The zero-order valence-electron chi connectivity index (χ0n) is 28.6. The number of hydrogen-bond acceptors (Lipinski definition) is 1. The van der Waals surface area contributed by atoms with E-state index in [-0.39, 0.29) is 5.41 Å². The summed E-state index contributed by atoms with van der Waals surface area (Å²) in [4.78, 5) is 0. The van der Waals surface area contributed by atoms with E-state index in [1.54, 1.807) is 5.57 Å². The first-order valence-corrected chi connectivity index (χ1v) is 17.2. The highest BCUT2D eigenvalue weighted by molar-refractivity contribution is 6.30. The molecule has 0 saturated carbocycles. The zero-order valence-corrected chi connectivity index (χ0v) is 28.6. The van der Waals surface area contributed by atoms with Crippen LogP contribution in [0.25, 0.3) is 54.9 Å². The fourth-order valence-electron chi connectivity index (χ4n) is 8.81. The Balaban J connectivity index is 1.28. The molecular weight excluding hydrogens is 567 g/mol. The molecule has 0 spiro atoms. The van der Waals surface area contributed by atoms with Crippen molar-refractivity contribution < 1.29 is 0 Å². The SMILES string of the molecule is Cc1ccc(Nc2c3cc(C)c(C)cc3c3c4c(c(C)c(C)cc24)-c2cc(C4=CC5=C(CC4)c4ccccc4C5(C)C)ccc2-3)cc1. The molecule has 6 aromatic carbocycles. The Morgan fingerprint density at radius 1 is 0.617 bits per heavy atom. The second kappa shape index (κ2) is 9.81. The molecular formula is C46H41N. The van der Waals surface area contributed by atoms with E-state index in [2.05, 4.69) is 145 Å². The predicted octanol–water partition coefficient (Wildman–Crippen LogP) is 12.8. The number of allylic oxidation sites excluding steroid dienone is 4. The van der Waals surface area contributed by atoms with E-state index in [4.69, 9.17) is 0 Å². The first kappa shape index (κ1) is 28.4. The van der Waals surface area contributed by atoms with Gasteiger partial charge < -0.3 is 5.32 Å². The molecule has 6 aromatic rings. The maximum absolute atomic E-state index is 3.90. The summed E-state index contributed by atoms with van der Waals surface area (Å²) in [6, 6.07) is 32.4. The van der Waals surface area contributed by atoms with E-state index < -0.39 is 0 Å². The van der Waals surface area contributed by atoms with Crippen LogP contribution in [0.3, 0.4) is 0 Å². The number of hydrogen-bond donors (Lipinski definition) is 1. The van der Waals surface area contributed by atoms with Crippen LogP contribution in [0.4, 0.5) is 11.4 Å². The molecule has 1 N–H and O–H groups in total. The van der Waals surface area contributed by atoms with Crippen LogP contribution < -0.4 is 5.32 Å². The van der Waals surface area contributed by atoms with Gasteiger partial charge in [-0.05, 0) is 161 Å². The minimum Gasteiger partial charge on any atom is -0.355 e. The normalized spacial score (nSPS) is 15.6. The van der Waals surface area contributed by atoms with Gasteiger partial charge in [0.1, 0.15) is 0 Å². The molecule has 0 bridgehead atoms. The minimum absolute atomic E-state index is 0.0274. The van der Waals surface area contributed by atoms with Crippen molar-refractivity contribution in [1.82, 2.24) is 0 Å². The Kier molecular flexibility index (Phi) is 5.92. The fraction of sp³-hybridized carbons (Fsp3) is 0.217. The average Bonchev–Trinajstić information content (AvgIpc) is 3.52. The Labute approximate surface area is 278 Å². The first-order valence-electron chi connectivity index (χ1n) is 17.2. The Hall–Kier alpha value is -4.88. The monoisotopic (exact) mass is 607 g/mol. The van der Waals surface area contributed by atoms with Crippen LogP contribution in [0.2, 0.25) is 0 Å². The van der Waals surface area contributed by atoms with E-state index in [1.165, 1.54) is 105 Å². The van der Waals surface area contributed by atoms with Crippen molar-refractivity contribution in [3.05, 3.63) is 141 Å². The number of nitrogens with one attached hydrogen (secondary N) is 1. The lowest BCUT2D eigenvalue weighted by Gasteiger charge is -2.26. The molecule has 230 valence electrons. The number of aryl methyl sites for hydroxylation is 4. The summed E-state index contributed by atoms with van der Waals surface area (Å²) in [6.07, 6.45) is 4.71. The van der Waals surface area contributed by atoms with Crippen LogP contribution in [0.1, 0.15) is 71.2 Å². The summed E-state index contributed by atoms with van der Waals surface area (Å²) in [5.41, 5.74) is 23.3. The van der Waals surface area contributed by atoms with Gasteiger partial charge in [-0.15, -0.1) is 0 Å². The van der Waals surface area contributed by atoms with Crippen molar-refractivity contribution >= 4 is 44.1 Å². The molecule has 0 heterocycles. The number of benzene rings is 6. The summed E-state index contributed by atoms with van der Waals surface area (Å²) in [5, 5.41) is 9.23. The van der Waals surface area contributed by atoms with Gasteiger partial charge in [0.15, 0.2) is 0 Å². The molecule has 0 aromatic heterocycles. The third-order valence-electron chi connectivity index (χ3n) is 11.7. The second-order valence-corrected chi connectivity index (χ2v) is 14.8. The smallest absolute Gasteiger partial charge is 0.0544 e. The molecule has 1 heteroatoms. The first-order chi connectivity index (χ1) is 22.6. The van der Waals surface area contributed by atoms with Gasteiger partial charge in [-0.2, -0.15) is 0 Å². The predicted molar refractivity (Wildman–Crippen MR) is 203 cm³/mol. The molecule has 0 amide bonds. The summed E-state index contributed by atoms with van der Waals surface area (Å²) in [5.74, 6) is 0. The highest BCUT2D eigenvalue weighted by Gasteiger charge is 2.38. The average molecular weight is 608 g/mol. The molecule has 0 unspecified atom stereocenters. The van der Waals surface area contributed by atoms with E-state index in [0.717, 1.165) is 18.5 Å². The summed E-state index contributed by atoms with van der Waals surface area (Å²) in [7, 11) is 0. The van der Waals surface area contributed by atoms with E-state index >= 15 is 0 Å². The van der Waals surface area contributed by atoms with Crippen LogP contribution in [0, 0.1) is 34.6 Å². The molecule has 47 heavy (non-hydrogen) atoms. The molecule has 0 fully saturated rings. The second-order valence-electron chi connectivity index (χ2n) is 14.8. The Morgan fingerprint density at radius 2 is 1.34 bits per heavy atom. The van der Waals surface area contributed by atoms with E-state index in [1.807, 2.05) is 0 Å². The number of fused-ring (bicyclic) bond motifs is 7. The molecule has 0 atom stereocenters. The maximum Gasteiger partial charge on any atom is 0.0544 e. The van der Waals surface area contributed by atoms with Crippen LogP contribution >= 0.6 is 0 Å². The third kappa shape index (κ3) is 3.96. The lowest BCUT2D eigenvalue weighted by Crippen LogP contribution is -2.17. The number of anilines is 2. The molecule has 3 aliphatic rings. The minimum atomic E-state index is 0.0274. The molecule has 0 aliphatic heterocycles.